The topological polar surface area (TPSA) is 84.7 Å². The van der Waals surface area contributed by atoms with E-state index in [1.165, 1.54) is 0 Å². The molecular formula is C16H29N3O3. The lowest BCUT2D eigenvalue weighted by Crippen LogP contribution is -2.64. The molecule has 0 aromatic carbocycles. The Morgan fingerprint density at radius 2 is 1.86 bits per heavy atom. The Morgan fingerprint density at radius 1 is 1.27 bits per heavy atom. The molecule has 126 valence electrons. The zero-order valence-electron chi connectivity index (χ0n) is 14.1. The van der Waals surface area contributed by atoms with Crippen molar-refractivity contribution in [2.45, 2.75) is 65.2 Å². The van der Waals surface area contributed by atoms with E-state index in [0.717, 1.165) is 6.42 Å². The van der Waals surface area contributed by atoms with Crippen molar-refractivity contribution < 1.29 is 14.3 Å². The van der Waals surface area contributed by atoms with Gasteiger partial charge in [0.2, 0.25) is 5.91 Å². The lowest BCUT2D eigenvalue weighted by atomic mass is 9.64. The largest absolute Gasteiger partial charge is 0.375 e. The molecule has 1 saturated heterocycles. The van der Waals surface area contributed by atoms with E-state index < -0.39 is 0 Å². The summed E-state index contributed by atoms with van der Waals surface area (Å²) < 4.78 is 5.88. The lowest BCUT2D eigenvalue weighted by Gasteiger charge is -2.52. The van der Waals surface area contributed by atoms with E-state index in [9.17, 15) is 9.59 Å². The monoisotopic (exact) mass is 311 g/mol. The van der Waals surface area contributed by atoms with Crippen LogP contribution in [0.15, 0.2) is 0 Å². The first-order chi connectivity index (χ1) is 10.2. The van der Waals surface area contributed by atoms with Crippen LogP contribution in [0.1, 0.15) is 47.0 Å². The molecule has 2 aliphatic rings. The fraction of sp³-hybridized carbons (Fsp3) is 0.875. The van der Waals surface area contributed by atoms with Gasteiger partial charge in [0.1, 0.15) is 0 Å². The van der Waals surface area contributed by atoms with E-state index in [0.29, 0.717) is 25.9 Å². The fourth-order valence-electron chi connectivity index (χ4n) is 3.30. The normalized spacial score (nSPS) is 28.3. The Balaban J connectivity index is 1.80. The predicted molar refractivity (Wildman–Crippen MR) is 84.2 cm³/mol. The van der Waals surface area contributed by atoms with Crippen molar-refractivity contribution in [1.29, 1.82) is 0 Å². The van der Waals surface area contributed by atoms with Gasteiger partial charge < -0.3 is 20.7 Å². The second kappa shape index (κ2) is 6.44. The number of amides is 3. The van der Waals surface area contributed by atoms with E-state index in [4.69, 9.17) is 10.5 Å². The zero-order chi connectivity index (χ0) is 16.5. The predicted octanol–water partition coefficient (Wildman–Crippen LogP) is 1.49. The maximum absolute atomic E-state index is 12.4. The quantitative estimate of drug-likeness (QED) is 0.825. The van der Waals surface area contributed by atoms with Crippen LogP contribution < -0.4 is 11.1 Å². The number of urea groups is 1. The van der Waals surface area contributed by atoms with Gasteiger partial charge in [-0.05, 0) is 33.1 Å². The van der Waals surface area contributed by atoms with E-state index in [1.54, 1.807) is 4.90 Å². The van der Waals surface area contributed by atoms with Gasteiger partial charge in [0.05, 0.1) is 12.2 Å². The molecule has 1 saturated carbocycles. The summed E-state index contributed by atoms with van der Waals surface area (Å²) in [6.07, 6.45) is 2.58. The molecule has 6 heteroatoms. The number of nitrogens with one attached hydrogen (secondary N) is 1. The van der Waals surface area contributed by atoms with Crippen molar-refractivity contribution in [3.63, 3.8) is 0 Å². The minimum Gasteiger partial charge on any atom is -0.375 e. The molecule has 1 heterocycles. The third-order valence-electron chi connectivity index (χ3n) is 5.10. The average Bonchev–Trinajstić information content (AvgIpc) is 2.45. The number of rotatable bonds is 4. The van der Waals surface area contributed by atoms with Gasteiger partial charge >= 0.3 is 6.03 Å². The molecule has 2 rings (SSSR count). The molecule has 22 heavy (non-hydrogen) atoms. The van der Waals surface area contributed by atoms with Crippen LogP contribution in [0.5, 0.6) is 0 Å². The Bertz CT molecular complexity index is 428. The minimum absolute atomic E-state index is 0.0380. The molecule has 2 unspecified atom stereocenters. The second-order valence-electron chi connectivity index (χ2n) is 7.40. The molecule has 0 aromatic heterocycles. The fourth-order valence-corrected chi connectivity index (χ4v) is 3.30. The summed E-state index contributed by atoms with van der Waals surface area (Å²) in [6, 6.07) is 0.0987. The number of nitrogens with zero attached hydrogens (tertiary/aromatic N) is 1. The summed E-state index contributed by atoms with van der Waals surface area (Å²) in [5.74, 6) is -0.345. The number of hydrogen-bond donors (Lipinski definition) is 2. The van der Waals surface area contributed by atoms with Crippen molar-refractivity contribution in [3.05, 3.63) is 0 Å². The van der Waals surface area contributed by atoms with Crippen LogP contribution in [-0.4, -0.2) is 48.2 Å². The molecular weight excluding hydrogens is 282 g/mol. The van der Waals surface area contributed by atoms with Crippen LogP contribution in [-0.2, 0) is 9.53 Å². The van der Waals surface area contributed by atoms with Crippen molar-refractivity contribution in [2.75, 3.05) is 13.1 Å². The van der Waals surface area contributed by atoms with E-state index in [-0.39, 0.29) is 41.5 Å². The molecule has 2 fully saturated rings. The van der Waals surface area contributed by atoms with Gasteiger partial charge in [0, 0.05) is 30.5 Å². The van der Waals surface area contributed by atoms with Crippen LogP contribution in [0.25, 0.3) is 0 Å². The number of piperidine rings is 1. The van der Waals surface area contributed by atoms with Gasteiger partial charge in [0.15, 0.2) is 0 Å². The smallest absolute Gasteiger partial charge is 0.317 e. The van der Waals surface area contributed by atoms with Gasteiger partial charge in [-0.2, -0.15) is 0 Å². The highest BCUT2D eigenvalue weighted by Crippen LogP contribution is 2.43. The number of ether oxygens (including phenoxy) is 1. The number of carbonyl (C=O) groups excluding carboxylic acids is 2. The van der Waals surface area contributed by atoms with E-state index >= 15 is 0 Å². The van der Waals surface area contributed by atoms with E-state index in [2.05, 4.69) is 19.2 Å². The number of nitrogens with two attached hydrogens (primary N) is 1. The Labute approximate surface area is 132 Å². The first-order valence-corrected chi connectivity index (χ1v) is 8.22. The molecule has 0 aromatic rings. The first kappa shape index (κ1) is 17.1. The molecule has 1 aliphatic carbocycles. The second-order valence-corrected chi connectivity index (χ2v) is 7.40. The Kier molecular flexibility index (Phi) is 5.00. The van der Waals surface area contributed by atoms with Crippen LogP contribution in [0, 0.1) is 11.3 Å². The summed E-state index contributed by atoms with van der Waals surface area (Å²) >= 11 is 0. The summed E-state index contributed by atoms with van der Waals surface area (Å²) in [6.45, 7) is 9.52. The van der Waals surface area contributed by atoms with E-state index in [1.807, 2.05) is 13.8 Å². The van der Waals surface area contributed by atoms with Crippen LogP contribution in [0.4, 0.5) is 4.79 Å². The number of likely N-dealkylation sites (tertiary alicyclic amines) is 1. The van der Waals surface area contributed by atoms with Gasteiger partial charge in [-0.1, -0.05) is 13.8 Å². The third-order valence-corrected chi connectivity index (χ3v) is 5.10. The number of carbonyl (C=O) groups is 2. The molecule has 0 spiro atoms. The molecule has 1 aliphatic heterocycles. The van der Waals surface area contributed by atoms with Crippen molar-refractivity contribution in [3.8, 4) is 0 Å². The highest BCUT2D eigenvalue weighted by molar-refractivity contribution is 5.78. The molecule has 0 radical (unpaired) electrons. The van der Waals surface area contributed by atoms with Gasteiger partial charge in [-0.15, -0.1) is 0 Å². The standard InChI is InChI=1S/C16H29N3O3/c1-10(2)22-13-9-12(16(13,3)4)18-15(21)19-7-5-11(6-8-19)14(17)20/h10-13H,5-9H2,1-4H3,(H2,17,20)(H,18,21). The third kappa shape index (κ3) is 3.54. The summed E-state index contributed by atoms with van der Waals surface area (Å²) in [5.41, 5.74) is 5.27. The highest BCUT2D eigenvalue weighted by atomic mass is 16.5. The Hall–Kier alpha value is -1.30. The molecule has 3 N–H and O–H groups in total. The summed E-state index contributed by atoms with van der Waals surface area (Å²) in [7, 11) is 0. The van der Waals surface area contributed by atoms with Crippen LogP contribution in [0.3, 0.4) is 0 Å². The maximum Gasteiger partial charge on any atom is 0.317 e. The van der Waals surface area contributed by atoms with Gasteiger partial charge in [-0.25, -0.2) is 4.79 Å². The van der Waals surface area contributed by atoms with Gasteiger partial charge in [0.25, 0.3) is 0 Å². The molecule has 6 nitrogen and oxygen atoms in total. The number of primary amides is 1. The van der Waals surface area contributed by atoms with Crippen LogP contribution >= 0.6 is 0 Å². The van der Waals surface area contributed by atoms with Gasteiger partial charge in [-0.3, -0.25) is 4.79 Å². The maximum atomic E-state index is 12.4. The average molecular weight is 311 g/mol. The summed E-state index contributed by atoms with van der Waals surface area (Å²) in [5, 5.41) is 3.11. The molecule has 2 atom stereocenters. The Morgan fingerprint density at radius 3 is 2.32 bits per heavy atom. The summed E-state index contributed by atoms with van der Waals surface area (Å²) in [4.78, 5) is 25.3. The van der Waals surface area contributed by atoms with Crippen molar-refractivity contribution in [1.82, 2.24) is 10.2 Å². The van der Waals surface area contributed by atoms with Crippen molar-refractivity contribution in [2.24, 2.45) is 17.1 Å². The zero-order valence-corrected chi connectivity index (χ0v) is 14.1. The lowest BCUT2D eigenvalue weighted by molar-refractivity contribution is -0.136. The van der Waals surface area contributed by atoms with Crippen LogP contribution in [0.2, 0.25) is 0 Å². The first-order valence-electron chi connectivity index (χ1n) is 8.22. The van der Waals surface area contributed by atoms with Crippen molar-refractivity contribution >= 4 is 11.9 Å². The minimum atomic E-state index is -0.256. The number of hydrogen-bond acceptors (Lipinski definition) is 3. The SMILES string of the molecule is CC(C)OC1CC(NC(=O)N2CCC(C(N)=O)CC2)C1(C)C. The highest BCUT2D eigenvalue weighted by Gasteiger charge is 2.50. The molecule has 0 bridgehead atoms. The molecule has 3 amide bonds.